The topological polar surface area (TPSA) is 76.7 Å². The molecule has 1 aliphatic heterocycles. The van der Waals surface area contributed by atoms with E-state index in [1.54, 1.807) is 18.2 Å². The molecule has 0 spiro atoms. The van der Waals surface area contributed by atoms with Crippen LogP contribution in [-0.2, 0) is 4.79 Å². The highest BCUT2D eigenvalue weighted by Gasteiger charge is 2.23. The number of carbonyl (C=O) groups excluding carboxylic acids is 2. The molecule has 2 rings (SSSR count). The summed E-state index contributed by atoms with van der Waals surface area (Å²) in [6.07, 6.45) is 6.72. The number of benzene rings is 1. The van der Waals surface area contributed by atoms with E-state index >= 15 is 0 Å². The molecular formula is C14H11IN2O4. The zero-order valence-corrected chi connectivity index (χ0v) is 13.2. The van der Waals surface area contributed by atoms with Crippen LogP contribution < -0.4 is 20.1 Å². The fraction of sp³-hybridized carbons (Fsp3) is 0.143. The molecule has 3 amide bonds. The van der Waals surface area contributed by atoms with Gasteiger partial charge in [0.15, 0.2) is 11.5 Å². The van der Waals surface area contributed by atoms with Crippen molar-refractivity contribution in [2.24, 2.45) is 0 Å². The highest BCUT2D eigenvalue weighted by atomic mass is 127. The minimum absolute atomic E-state index is 0.130. The van der Waals surface area contributed by atoms with Crippen LogP contribution in [0.3, 0.4) is 0 Å². The number of nitrogens with one attached hydrogen (secondary N) is 2. The van der Waals surface area contributed by atoms with E-state index in [-0.39, 0.29) is 12.3 Å². The molecule has 0 radical (unpaired) electrons. The molecule has 0 aliphatic carbocycles. The molecule has 21 heavy (non-hydrogen) atoms. The molecule has 7 heteroatoms. The van der Waals surface area contributed by atoms with Gasteiger partial charge in [0, 0.05) is 0 Å². The monoisotopic (exact) mass is 398 g/mol. The first kappa shape index (κ1) is 15.2. The molecule has 2 N–H and O–H groups in total. The van der Waals surface area contributed by atoms with Gasteiger partial charge < -0.3 is 14.8 Å². The van der Waals surface area contributed by atoms with Crippen LogP contribution in [0.25, 0.3) is 6.08 Å². The van der Waals surface area contributed by atoms with Gasteiger partial charge in [0.1, 0.15) is 12.3 Å². The van der Waals surface area contributed by atoms with Gasteiger partial charge >= 0.3 is 6.03 Å². The predicted octanol–water partition coefficient (Wildman–Crippen LogP) is 1.49. The molecule has 1 aliphatic rings. The van der Waals surface area contributed by atoms with Crippen molar-refractivity contribution >= 4 is 40.6 Å². The average Bonchev–Trinajstić information content (AvgIpc) is 2.75. The normalized spacial score (nSPS) is 15.4. The number of halogens is 1. The van der Waals surface area contributed by atoms with Crippen LogP contribution in [0, 0.1) is 15.9 Å². The van der Waals surface area contributed by atoms with Crippen molar-refractivity contribution in [2.75, 3.05) is 13.7 Å². The van der Waals surface area contributed by atoms with Gasteiger partial charge in [0.25, 0.3) is 5.91 Å². The summed E-state index contributed by atoms with van der Waals surface area (Å²) < 4.78 is 11.5. The molecule has 0 atom stereocenters. The Morgan fingerprint density at radius 2 is 2.14 bits per heavy atom. The minimum Gasteiger partial charge on any atom is -0.493 e. The minimum atomic E-state index is -0.540. The lowest BCUT2D eigenvalue weighted by molar-refractivity contribution is -0.115. The zero-order chi connectivity index (χ0) is 15.4. The van der Waals surface area contributed by atoms with E-state index in [9.17, 15) is 9.59 Å². The Labute approximate surface area is 135 Å². The van der Waals surface area contributed by atoms with Crippen LogP contribution in [0.1, 0.15) is 5.56 Å². The smallest absolute Gasteiger partial charge is 0.326 e. The first-order valence-electron chi connectivity index (χ1n) is 5.83. The standard InChI is InChI=1S/C14H11IN2O4/c1-3-4-21-12-9(15)5-8(7-11(12)20-2)6-10-13(18)17-14(19)16-10/h1,5-7H,4H2,2H3,(H2,16,17,18,19)/b10-6+. The van der Waals surface area contributed by atoms with Crippen LogP contribution in [0.5, 0.6) is 11.5 Å². The molecule has 6 nitrogen and oxygen atoms in total. The first-order chi connectivity index (χ1) is 10.0. The van der Waals surface area contributed by atoms with Crippen molar-refractivity contribution in [1.29, 1.82) is 0 Å². The lowest BCUT2D eigenvalue weighted by atomic mass is 10.1. The Kier molecular flexibility index (Phi) is 4.70. The largest absolute Gasteiger partial charge is 0.493 e. The Balaban J connectivity index is 2.37. The van der Waals surface area contributed by atoms with Gasteiger partial charge in [-0.1, -0.05) is 5.92 Å². The molecule has 1 heterocycles. The fourth-order valence-electron chi connectivity index (χ4n) is 1.73. The third-order valence-corrected chi connectivity index (χ3v) is 3.38. The van der Waals surface area contributed by atoms with Gasteiger partial charge in [0.2, 0.25) is 0 Å². The number of rotatable bonds is 4. The summed E-state index contributed by atoms with van der Waals surface area (Å²) in [7, 11) is 1.51. The van der Waals surface area contributed by atoms with Gasteiger partial charge in [-0.2, -0.15) is 0 Å². The Morgan fingerprint density at radius 3 is 2.71 bits per heavy atom. The maximum atomic E-state index is 11.5. The summed E-state index contributed by atoms with van der Waals surface area (Å²) in [6, 6.07) is 2.94. The van der Waals surface area contributed by atoms with Crippen LogP contribution in [0.2, 0.25) is 0 Å². The average molecular weight is 398 g/mol. The molecule has 108 valence electrons. The highest BCUT2D eigenvalue weighted by molar-refractivity contribution is 14.1. The van der Waals surface area contributed by atoms with Crippen LogP contribution in [0.4, 0.5) is 4.79 Å². The summed E-state index contributed by atoms with van der Waals surface area (Å²) in [5, 5.41) is 4.55. The molecule has 0 unspecified atom stereocenters. The second-order valence-corrected chi connectivity index (χ2v) is 5.16. The van der Waals surface area contributed by atoms with E-state index in [2.05, 4.69) is 39.1 Å². The maximum Gasteiger partial charge on any atom is 0.326 e. The summed E-state index contributed by atoms with van der Waals surface area (Å²) in [5.74, 6) is 2.95. The second-order valence-electron chi connectivity index (χ2n) is 3.99. The quantitative estimate of drug-likeness (QED) is 0.349. The van der Waals surface area contributed by atoms with Crippen molar-refractivity contribution in [3.05, 3.63) is 27.0 Å². The number of hydrogen-bond donors (Lipinski definition) is 2. The third kappa shape index (κ3) is 3.46. The number of urea groups is 1. The maximum absolute atomic E-state index is 11.5. The zero-order valence-electron chi connectivity index (χ0n) is 11.0. The number of hydrogen-bond acceptors (Lipinski definition) is 4. The van der Waals surface area contributed by atoms with E-state index in [4.69, 9.17) is 15.9 Å². The van der Waals surface area contributed by atoms with Crippen LogP contribution in [0.15, 0.2) is 17.8 Å². The summed E-state index contributed by atoms with van der Waals surface area (Å²) in [5.41, 5.74) is 0.867. The molecule has 1 saturated heterocycles. The number of terminal acetylenes is 1. The predicted molar refractivity (Wildman–Crippen MR) is 84.7 cm³/mol. The van der Waals surface area contributed by atoms with E-state index in [0.29, 0.717) is 17.1 Å². The number of methoxy groups -OCH3 is 1. The van der Waals surface area contributed by atoms with Crippen LogP contribution >= 0.6 is 22.6 Å². The van der Waals surface area contributed by atoms with E-state index < -0.39 is 11.9 Å². The lowest BCUT2D eigenvalue weighted by Gasteiger charge is -2.12. The first-order valence-corrected chi connectivity index (χ1v) is 6.91. The second kappa shape index (κ2) is 6.49. The number of amides is 3. The molecule has 1 aromatic rings. The Morgan fingerprint density at radius 1 is 1.38 bits per heavy atom. The summed E-state index contributed by atoms with van der Waals surface area (Å²) in [6.45, 7) is 0.130. The van der Waals surface area contributed by atoms with Crippen LogP contribution in [-0.4, -0.2) is 25.7 Å². The third-order valence-electron chi connectivity index (χ3n) is 2.58. The molecule has 0 saturated carbocycles. The van der Waals surface area contributed by atoms with Crippen molar-refractivity contribution in [1.82, 2.24) is 10.6 Å². The van der Waals surface area contributed by atoms with E-state index in [1.807, 2.05) is 0 Å². The van der Waals surface area contributed by atoms with Gasteiger partial charge in [0.05, 0.1) is 10.7 Å². The molecule has 1 aromatic carbocycles. The Hall–Kier alpha value is -2.21. The summed E-state index contributed by atoms with van der Waals surface area (Å²) in [4.78, 5) is 22.6. The summed E-state index contributed by atoms with van der Waals surface area (Å²) >= 11 is 2.08. The lowest BCUT2D eigenvalue weighted by Crippen LogP contribution is -2.22. The molecule has 1 fully saturated rings. The van der Waals surface area contributed by atoms with Gasteiger partial charge in [-0.3, -0.25) is 10.1 Å². The number of imide groups is 1. The van der Waals surface area contributed by atoms with Crippen molar-refractivity contribution in [3.63, 3.8) is 0 Å². The number of carbonyl (C=O) groups is 2. The van der Waals surface area contributed by atoms with E-state index in [1.165, 1.54) is 7.11 Å². The van der Waals surface area contributed by atoms with Gasteiger partial charge in [-0.05, 0) is 46.4 Å². The SMILES string of the molecule is C#CCOc1c(I)cc(/C=C2/NC(=O)NC2=O)cc1OC. The van der Waals surface area contributed by atoms with Gasteiger partial charge in [-0.15, -0.1) is 6.42 Å². The van der Waals surface area contributed by atoms with E-state index in [0.717, 1.165) is 3.57 Å². The number of ether oxygens (including phenoxy) is 2. The van der Waals surface area contributed by atoms with Crippen molar-refractivity contribution in [2.45, 2.75) is 0 Å². The van der Waals surface area contributed by atoms with Crippen molar-refractivity contribution in [3.8, 4) is 23.8 Å². The molecule has 0 aromatic heterocycles. The molecule has 0 bridgehead atoms. The fourth-order valence-corrected chi connectivity index (χ4v) is 2.51. The Bertz CT molecular complexity index is 676. The highest BCUT2D eigenvalue weighted by Crippen LogP contribution is 2.34. The molecular weight excluding hydrogens is 387 g/mol. The van der Waals surface area contributed by atoms with Gasteiger partial charge in [-0.25, -0.2) is 4.79 Å². The van der Waals surface area contributed by atoms with Crippen molar-refractivity contribution < 1.29 is 19.1 Å².